The van der Waals surface area contributed by atoms with Gasteiger partial charge in [-0.25, -0.2) is 0 Å². The van der Waals surface area contributed by atoms with E-state index in [1.54, 1.807) is 0 Å². The third kappa shape index (κ3) is 4.51. The summed E-state index contributed by atoms with van der Waals surface area (Å²) in [6, 6.07) is 7.10. The van der Waals surface area contributed by atoms with Crippen molar-refractivity contribution >= 4 is 5.91 Å². The van der Waals surface area contributed by atoms with Crippen LogP contribution in [0.3, 0.4) is 0 Å². The summed E-state index contributed by atoms with van der Waals surface area (Å²) >= 11 is 0. The van der Waals surface area contributed by atoms with Crippen LogP contribution < -0.4 is 15.8 Å². The normalized spacial score (nSPS) is 15.7. The summed E-state index contributed by atoms with van der Waals surface area (Å²) in [4.78, 5) is 11.7. The lowest BCUT2D eigenvalue weighted by atomic mass is 10.2. The lowest BCUT2D eigenvalue weighted by Gasteiger charge is -2.14. The zero-order valence-electron chi connectivity index (χ0n) is 11.8. The Morgan fingerprint density at radius 2 is 2.20 bits per heavy atom. The molecule has 2 rings (SSSR count). The molecule has 5 nitrogen and oxygen atoms in total. The van der Waals surface area contributed by atoms with E-state index in [2.05, 4.69) is 5.32 Å². The first kappa shape index (κ1) is 14.8. The van der Waals surface area contributed by atoms with E-state index < -0.39 is 6.04 Å². The lowest BCUT2D eigenvalue weighted by Crippen LogP contribution is -2.43. The fourth-order valence-corrected chi connectivity index (χ4v) is 1.85. The zero-order chi connectivity index (χ0) is 14.4. The molecule has 0 saturated heterocycles. The molecule has 0 aromatic heterocycles. The summed E-state index contributed by atoms with van der Waals surface area (Å²) in [7, 11) is 1.52. The van der Waals surface area contributed by atoms with Crippen molar-refractivity contribution in [1.82, 2.24) is 5.32 Å². The third-order valence-corrected chi connectivity index (χ3v) is 3.28. The molecule has 3 N–H and O–H groups in total. The van der Waals surface area contributed by atoms with Gasteiger partial charge in [0.15, 0.2) is 0 Å². The summed E-state index contributed by atoms with van der Waals surface area (Å²) in [6.07, 6.45) is 2.51. The molecule has 1 aliphatic rings. The van der Waals surface area contributed by atoms with Crippen LogP contribution in [0, 0.1) is 5.92 Å². The molecule has 1 saturated carbocycles. The highest BCUT2D eigenvalue weighted by molar-refractivity contribution is 5.81. The highest BCUT2D eigenvalue weighted by atomic mass is 16.5. The van der Waals surface area contributed by atoms with Crippen molar-refractivity contribution < 1.29 is 14.3 Å². The maximum absolute atomic E-state index is 11.7. The molecular formula is C15H22N2O3. The standard InChI is InChI=1S/C15H22N2O3/c1-19-10-13(16)15(18)17-8-12-4-2-3-5-14(12)20-9-11-6-7-11/h2-5,11,13H,6-10,16H2,1H3,(H,17,18). The second kappa shape index (κ2) is 7.26. The van der Waals surface area contributed by atoms with Crippen molar-refractivity contribution in [3.05, 3.63) is 29.8 Å². The molecule has 0 radical (unpaired) electrons. The second-order valence-corrected chi connectivity index (χ2v) is 5.14. The summed E-state index contributed by atoms with van der Waals surface area (Å²) in [5, 5.41) is 2.80. The van der Waals surface area contributed by atoms with Gasteiger partial charge in [0.05, 0.1) is 13.2 Å². The van der Waals surface area contributed by atoms with Crippen molar-refractivity contribution in [3.63, 3.8) is 0 Å². The lowest BCUT2D eigenvalue weighted by molar-refractivity contribution is -0.123. The van der Waals surface area contributed by atoms with E-state index in [9.17, 15) is 4.79 Å². The first-order valence-electron chi connectivity index (χ1n) is 6.93. The SMILES string of the molecule is COCC(N)C(=O)NCc1ccccc1OCC1CC1. The maximum atomic E-state index is 11.7. The number of carbonyl (C=O) groups is 1. The molecule has 1 unspecified atom stereocenters. The molecule has 0 spiro atoms. The highest BCUT2D eigenvalue weighted by Gasteiger charge is 2.22. The highest BCUT2D eigenvalue weighted by Crippen LogP contribution is 2.30. The topological polar surface area (TPSA) is 73.6 Å². The summed E-state index contributed by atoms with van der Waals surface area (Å²) in [5.41, 5.74) is 6.63. The number of benzene rings is 1. The molecule has 1 aromatic rings. The fraction of sp³-hybridized carbons (Fsp3) is 0.533. The van der Waals surface area contributed by atoms with Gasteiger partial charge in [0, 0.05) is 19.2 Å². The molecule has 0 bridgehead atoms. The van der Waals surface area contributed by atoms with Crippen molar-refractivity contribution in [3.8, 4) is 5.75 Å². The predicted octanol–water partition coefficient (Wildman–Crippen LogP) is 1.07. The van der Waals surface area contributed by atoms with E-state index in [1.807, 2.05) is 24.3 Å². The Bertz CT molecular complexity index is 446. The first-order valence-corrected chi connectivity index (χ1v) is 6.93. The number of rotatable bonds is 8. The molecule has 1 fully saturated rings. The van der Waals surface area contributed by atoms with E-state index in [1.165, 1.54) is 20.0 Å². The summed E-state index contributed by atoms with van der Waals surface area (Å²) in [5.74, 6) is 1.32. The summed E-state index contributed by atoms with van der Waals surface area (Å²) < 4.78 is 10.7. The smallest absolute Gasteiger partial charge is 0.239 e. The maximum Gasteiger partial charge on any atom is 0.239 e. The monoisotopic (exact) mass is 278 g/mol. The quantitative estimate of drug-likeness (QED) is 0.746. The minimum atomic E-state index is -0.639. The van der Waals surface area contributed by atoms with Crippen LogP contribution in [-0.2, 0) is 16.1 Å². The molecule has 0 aliphatic heterocycles. The Hall–Kier alpha value is -1.59. The Morgan fingerprint density at radius 3 is 2.90 bits per heavy atom. The molecular weight excluding hydrogens is 256 g/mol. The predicted molar refractivity (Wildman–Crippen MR) is 76.4 cm³/mol. The minimum absolute atomic E-state index is 0.214. The number of para-hydroxylation sites is 1. The van der Waals surface area contributed by atoms with Gasteiger partial charge >= 0.3 is 0 Å². The van der Waals surface area contributed by atoms with Crippen LogP contribution >= 0.6 is 0 Å². The van der Waals surface area contributed by atoms with Gasteiger partial charge in [-0.2, -0.15) is 0 Å². The van der Waals surface area contributed by atoms with Gasteiger partial charge in [0.2, 0.25) is 5.91 Å². The molecule has 20 heavy (non-hydrogen) atoms. The molecule has 1 amide bonds. The molecule has 5 heteroatoms. The summed E-state index contributed by atoms with van der Waals surface area (Å²) in [6.45, 7) is 1.39. The number of nitrogens with one attached hydrogen (secondary N) is 1. The first-order chi connectivity index (χ1) is 9.70. The molecule has 1 aliphatic carbocycles. The average molecular weight is 278 g/mol. The zero-order valence-corrected chi connectivity index (χ0v) is 11.8. The van der Waals surface area contributed by atoms with Crippen LogP contribution in [0.5, 0.6) is 5.75 Å². The van der Waals surface area contributed by atoms with Crippen LogP contribution in [0.15, 0.2) is 24.3 Å². The van der Waals surface area contributed by atoms with Gasteiger partial charge in [-0.1, -0.05) is 18.2 Å². The molecule has 110 valence electrons. The molecule has 1 atom stereocenters. The van der Waals surface area contributed by atoms with Gasteiger partial charge in [-0.05, 0) is 24.8 Å². The number of hydrogen-bond donors (Lipinski definition) is 2. The van der Waals surface area contributed by atoms with Gasteiger partial charge in [0.1, 0.15) is 11.8 Å². The van der Waals surface area contributed by atoms with E-state index in [0.717, 1.165) is 17.9 Å². The number of amides is 1. The van der Waals surface area contributed by atoms with Crippen LogP contribution in [0.25, 0.3) is 0 Å². The van der Waals surface area contributed by atoms with E-state index in [0.29, 0.717) is 12.5 Å². The minimum Gasteiger partial charge on any atom is -0.493 e. The van der Waals surface area contributed by atoms with Crippen molar-refractivity contribution in [2.24, 2.45) is 11.7 Å². The van der Waals surface area contributed by atoms with Gasteiger partial charge in [-0.15, -0.1) is 0 Å². The van der Waals surface area contributed by atoms with E-state index in [-0.39, 0.29) is 12.5 Å². The van der Waals surface area contributed by atoms with Gasteiger partial charge in [0.25, 0.3) is 0 Å². The number of ether oxygens (including phenoxy) is 2. The van der Waals surface area contributed by atoms with E-state index in [4.69, 9.17) is 15.2 Å². The van der Waals surface area contributed by atoms with Crippen LogP contribution in [-0.4, -0.2) is 32.3 Å². The van der Waals surface area contributed by atoms with Crippen molar-refractivity contribution in [2.45, 2.75) is 25.4 Å². The number of nitrogens with two attached hydrogens (primary N) is 1. The van der Waals surface area contributed by atoms with Gasteiger partial charge < -0.3 is 20.5 Å². The fourth-order valence-electron chi connectivity index (χ4n) is 1.85. The van der Waals surface area contributed by atoms with Gasteiger partial charge in [-0.3, -0.25) is 4.79 Å². The van der Waals surface area contributed by atoms with Crippen LogP contribution in [0.2, 0.25) is 0 Å². The Morgan fingerprint density at radius 1 is 1.45 bits per heavy atom. The Labute approximate surface area is 119 Å². The van der Waals surface area contributed by atoms with Crippen LogP contribution in [0.1, 0.15) is 18.4 Å². The molecule has 0 heterocycles. The average Bonchev–Trinajstić information content (AvgIpc) is 3.27. The largest absolute Gasteiger partial charge is 0.493 e. The third-order valence-electron chi connectivity index (χ3n) is 3.28. The Kier molecular flexibility index (Phi) is 5.38. The molecule has 1 aromatic carbocycles. The number of hydrogen-bond acceptors (Lipinski definition) is 4. The van der Waals surface area contributed by atoms with E-state index >= 15 is 0 Å². The van der Waals surface area contributed by atoms with Crippen molar-refractivity contribution in [1.29, 1.82) is 0 Å². The Balaban J connectivity index is 1.86. The van der Waals surface area contributed by atoms with Crippen molar-refractivity contribution in [2.75, 3.05) is 20.3 Å². The second-order valence-electron chi connectivity index (χ2n) is 5.14. The number of methoxy groups -OCH3 is 1. The number of carbonyl (C=O) groups excluding carboxylic acids is 1. The van der Waals surface area contributed by atoms with Crippen LogP contribution in [0.4, 0.5) is 0 Å².